The number of carbonyl (C=O) groups is 3. The Hall–Kier alpha value is -2.39. The van der Waals surface area contributed by atoms with E-state index in [-0.39, 0.29) is 52.5 Å². The Bertz CT molecular complexity index is 1160. The number of rotatable bonds is 32. The Labute approximate surface area is 410 Å². The van der Waals surface area contributed by atoms with Crippen molar-refractivity contribution in [2.24, 2.45) is 0 Å². The number of aliphatic hydroxyl groups is 19. The summed E-state index contributed by atoms with van der Waals surface area (Å²) in [6, 6.07) is 0. The van der Waals surface area contributed by atoms with E-state index in [0.717, 1.165) is 38.5 Å². The van der Waals surface area contributed by atoms with Crippen molar-refractivity contribution in [1.29, 1.82) is 0 Å². The molecule has 26 nitrogen and oxygen atoms in total. The lowest BCUT2D eigenvalue weighted by molar-refractivity contribution is -0.167. The van der Waals surface area contributed by atoms with Crippen LogP contribution in [0.1, 0.15) is 112 Å². The molecular weight excluding hydrogens is 944 g/mol. The predicted molar refractivity (Wildman–Crippen MR) is 247 cm³/mol. The fourth-order valence-corrected chi connectivity index (χ4v) is 4.50. The standard InChI is InChI=1S/C13H24O9.C10H20O7.C8H18O4.C8H18O3.C5H12O3/c1-13(2,3)22-6-9(17)21-5-8(16)11(19)12(20)10(18)7(15)4-14;1-10(2,3)17-9(15)16-5-7(13)8(14)6(12)4-11;9-5-7(11)3-1-2-4-8(12)6-10;9-6-4-2-1-3-5-8(11)7-10;6-3-1-2-5(8)4-7/h4,7-8,10-12,15-16,18-20H,5-6H2,1-3H3;6-8,11-14H,4-5H2,1-3H3;7-12H,1-6H2;8-11H,1-7H2;5-8H,1-4H2. The van der Waals surface area contributed by atoms with E-state index < -0.39 is 116 Å². The average molecular weight is 1040 g/mol. The smallest absolute Gasteiger partial charge is 0.461 e. The molecule has 424 valence electrons. The fraction of sp³-hybridized carbons (Fsp3) is 0.932. The third kappa shape index (κ3) is 51.9. The van der Waals surface area contributed by atoms with Gasteiger partial charge in [0.1, 0.15) is 74.3 Å². The van der Waals surface area contributed by atoms with Gasteiger partial charge in [0.15, 0.2) is 6.29 Å². The molecule has 70 heavy (non-hydrogen) atoms. The lowest BCUT2D eigenvalue weighted by Crippen LogP contribution is -2.50. The highest BCUT2D eigenvalue weighted by Gasteiger charge is 2.35. The second kappa shape index (κ2) is 47.6. The minimum atomic E-state index is -2.00. The van der Waals surface area contributed by atoms with Crippen molar-refractivity contribution in [2.75, 3.05) is 66.1 Å². The predicted octanol–water partition coefficient (Wildman–Crippen LogP) is -4.99. The molecule has 0 radical (unpaired) electrons. The molecule has 19 N–H and O–H groups in total. The van der Waals surface area contributed by atoms with Crippen LogP contribution in [0, 0.1) is 0 Å². The Balaban J connectivity index is -0.000000262. The first kappa shape index (κ1) is 76.5. The zero-order valence-corrected chi connectivity index (χ0v) is 41.7. The summed E-state index contributed by atoms with van der Waals surface area (Å²) in [6.45, 7) is 7.45. The van der Waals surface area contributed by atoms with E-state index in [2.05, 4.69) is 9.47 Å². The molecular formula is C44H92O26. The van der Waals surface area contributed by atoms with E-state index in [1.807, 2.05) is 0 Å². The van der Waals surface area contributed by atoms with E-state index >= 15 is 0 Å². The number of unbranched alkanes of at least 4 members (excludes halogenated alkanes) is 4. The zero-order chi connectivity index (χ0) is 55.5. The molecule has 0 spiro atoms. The Morgan fingerprint density at radius 1 is 0.443 bits per heavy atom. The molecule has 0 aliphatic heterocycles. The van der Waals surface area contributed by atoms with Gasteiger partial charge in [0.05, 0.1) is 63.1 Å². The molecule has 0 saturated carbocycles. The topological polar surface area (TPSA) is 473 Å². The summed E-state index contributed by atoms with van der Waals surface area (Å²) < 4.78 is 19.1. The van der Waals surface area contributed by atoms with Gasteiger partial charge in [-0.25, -0.2) is 9.59 Å². The van der Waals surface area contributed by atoms with Crippen LogP contribution in [0.5, 0.6) is 0 Å². The molecule has 0 aromatic carbocycles. The van der Waals surface area contributed by atoms with Gasteiger partial charge in [0, 0.05) is 13.2 Å². The minimum Gasteiger partial charge on any atom is -0.461 e. The molecule has 0 bridgehead atoms. The van der Waals surface area contributed by atoms with Gasteiger partial charge in [-0.2, -0.15) is 0 Å². The molecule has 0 aromatic rings. The average Bonchev–Trinajstić information content (AvgIpc) is 3.32. The Morgan fingerprint density at radius 3 is 1.20 bits per heavy atom. The highest BCUT2D eigenvalue weighted by molar-refractivity contribution is 5.70. The van der Waals surface area contributed by atoms with Crippen molar-refractivity contribution in [3.8, 4) is 0 Å². The van der Waals surface area contributed by atoms with Gasteiger partial charge in [0.25, 0.3) is 0 Å². The van der Waals surface area contributed by atoms with Crippen LogP contribution in [0.25, 0.3) is 0 Å². The second-order valence-corrected chi connectivity index (χ2v) is 17.8. The molecule has 12 atom stereocenters. The van der Waals surface area contributed by atoms with Crippen LogP contribution in [0.4, 0.5) is 4.79 Å². The summed E-state index contributed by atoms with van der Waals surface area (Å²) in [6.07, 6.45) is -9.50. The van der Waals surface area contributed by atoms with E-state index in [0.29, 0.717) is 32.1 Å². The summed E-state index contributed by atoms with van der Waals surface area (Å²) in [5, 5.41) is 169. The maximum atomic E-state index is 11.3. The third-order valence-electron chi connectivity index (χ3n) is 8.67. The van der Waals surface area contributed by atoms with Gasteiger partial charge in [-0.15, -0.1) is 0 Å². The number of aldehydes is 1. The molecule has 0 aliphatic rings. The summed E-state index contributed by atoms with van der Waals surface area (Å²) in [4.78, 5) is 32.7. The van der Waals surface area contributed by atoms with Gasteiger partial charge in [-0.1, -0.05) is 32.1 Å². The number of carbonyl (C=O) groups excluding carboxylic acids is 3. The fourth-order valence-electron chi connectivity index (χ4n) is 4.50. The second-order valence-electron chi connectivity index (χ2n) is 17.8. The monoisotopic (exact) mass is 1040 g/mol. The van der Waals surface area contributed by atoms with Crippen LogP contribution in [0.3, 0.4) is 0 Å². The summed E-state index contributed by atoms with van der Waals surface area (Å²) in [5.41, 5.74) is -1.27. The van der Waals surface area contributed by atoms with Crippen LogP contribution in [0.15, 0.2) is 0 Å². The maximum Gasteiger partial charge on any atom is 0.508 e. The van der Waals surface area contributed by atoms with E-state index in [1.165, 1.54) is 0 Å². The number of aliphatic hydroxyl groups excluding tert-OH is 19. The lowest BCUT2D eigenvalue weighted by atomic mass is 10.00. The largest absolute Gasteiger partial charge is 0.508 e. The molecule has 12 unspecified atom stereocenters. The summed E-state index contributed by atoms with van der Waals surface area (Å²) in [7, 11) is 0. The molecule has 26 heteroatoms. The highest BCUT2D eigenvalue weighted by atomic mass is 16.7. The molecule has 0 aliphatic carbocycles. The van der Waals surface area contributed by atoms with E-state index in [9.17, 15) is 45.0 Å². The van der Waals surface area contributed by atoms with E-state index in [1.54, 1.807) is 41.5 Å². The van der Waals surface area contributed by atoms with Gasteiger partial charge in [0.2, 0.25) is 0 Å². The van der Waals surface area contributed by atoms with Crippen LogP contribution < -0.4 is 0 Å². The maximum absolute atomic E-state index is 11.3. The van der Waals surface area contributed by atoms with E-state index in [4.69, 9.17) is 75.9 Å². The molecule has 0 aromatic heterocycles. The first-order chi connectivity index (χ1) is 32.5. The van der Waals surface area contributed by atoms with Crippen LogP contribution >= 0.6 is 0 Å². The van der Waals surface area contributed by atoms with Crippen molar-refractivity contribution in [2.45, 2.75) is 197 Å². The Morgan fingerprint density at radius 2 is 0.829 bits per heavy atom. The van der Waals surface area contributed by atoms with Crippen molar-refractivity contribution in [3.63, 3.8) is 0 Å². The minimum absolute atomic E-state index is 0.0309. The lowest BCUT2D eigenvalue weighted by Gasteiger charge is -2.27. The zero-order valence-electron chi connectivity index (χ0n) is 41.7. The van der Waals surface area contributed by atoms with Crippen molar-refractivity contribution < 1.29 is 130 Å². The number of hydrogen-bond donors (Lipinski definition) is 19. The van der Waals surface area contributed by atoms with Crippen molar-refractivity contribution in [3.05, 3.63) is 0 Å². The van der Waals surface area contributed by atoms with Crippen LogP contribution in [-0.4, -0.2) is 266 Å². The third-order valence-corrected chi connectivity index (χ3v) is 8.67. The van der Waals surface area contributed by atoms with Gasteiger partial charge >= 0.3 is 12.1 Å². The van der Waals surface area contributed by atoms with Gasteiger partial charge in [-0.05, 0) is 80.1 Å². The molecule has 0 amide bonds. The normalized spacial score (nSPS) is 16.5. The highest BCUT2D eigenvalue weighted by Crippen LogP contribution is 2.12. The van der Waals surface area contributed by atoms with Gasteiger partial charge < -0.3 is 121 Å². The number of ether oxygens (including phenoxy) is 4. The van der Waals surface area contributed by atoms with Crippen molar-refractivity contribution in [1.82, 2.24) is 0 Å². The summed E-state index contributed by atoms with van der Waals surface area (Å²) in [5.74, 6) is -0.788. The number of esters is 1. The first-order valence-corrected chi connectivity index (χ1v) is 23.0. The SMILES string of the molecule is CC(C)(C)OC(=O)OCC(O)C(O)C(O)CO.CC(C)(C)OCC(=O)OCC(O)C(O)C(O)C(O)C(O)C=O.OCC(O)CCCCC(O)CO.OCCCC(O)CO.OCCCCCCC(O)CO. The quantitative estimate of drug-likeness (QED) is 0.0170. The summed E-state index contributed by atoms with van der Waals surface area (Å²) >= 11 is 0. The van der Waals surface area contributed by atoms with Crippen LogP contribution in [0.2, 0.25) is 0 Å². The molecule has 0 saturated heterocycles. The van der Waals surface area contributed by atoms with Gasteiger partial charge in [-0.3, -0.25) is 0 Å². The van der Waals surface area contributed by atoms with Crippen molar-refractivity contribution >= 4 is 18.4 Å². The molecule has 0 fully saturated rings. The molecule has 0 heterocycles. The van der Waals surface area contributed by atoms with Crippen LogP contribution in [-0.2, 0) is 28.5 Å². The first-order valence-electron chi connectivity index (χ1n) is 23.0. The molecule has 0 rings (SSSR count). The number of hydrogen-bond acceptors (Lipinski definition) is 26. The Kier molecular flexibility index (Phi) is 52.0.